The van der Waals surface area contributed by atoms with E-state index >= 15 is 0 Å². The molecule has 2 heterocycles. The Morgan fingerprint density at radius 3 is 3.05 bits per heavy atom. The lowest BCUT2D eigenvalue weighted by Crippen LogP contribution is -2.41. The van der Waals surface area contributed by atoms with E-state index in [0.29, 0.717) is 0 Å². The molecule has 0 bridgehead atoms. The lowest BCUT2D eigenvalue weighted by Gasteiger charge is -2.30. The highest BCUT2D eigenvalue weighted by Crippen LogP contribution is 2.25. The molecule has 3 rings (SSSR count). The number of ether oxygens (including phenoxy) is 1. The number of rotatable bonds is 4. The number of hydrogen-bond donors (Lipinski definition) is 1. The number of likely N-dealkylation sites (N-methyl/N-ethyl adjacent to an activating group) is 1. The number of nitrogens with zero attached hydrogens (tertiary/aromatic N) is 2. The van der Waals surface area contributed by atoms with Gasteiger partial charge in [-0.3, -0.25) is 0 Å². The van der Waals surface area contributed by atoms with Gasteiger partial charge in [-0.2, -0.15) is 0 Å². The third-order valence-electron chi connectivity index (χ3n) is 4.04. The number of aromatic nitrogens is 1. The van der Waals surface area contributed by atoms with Gasteiger partial charge in [0.2, 0.25) is 0 Å². The zero-order valence-corrected chi connectivity index (χ0v) is 13.4. The maximum absolute atomic E-state index is 6.17. The molecule has 0 spiro atoms. The van der Waals surface area contributed by atoms with Gasteiger partial charge in [0.25, 0.3) is 0 Å². The predicted octanol–water partition coefficient (Wildman–Crippen LogP) is 2.34. The quantitative estimate of drug-likeness (QED) is 0.940. The smallest absolute Gasteiger partial charge is 0.0881 e. The molecule has 0 amide bonds. The molecule has 2 aromatic rings. The summed E-state index contributed by atoms with van der Waals surface area (Å²) in [5, 5.41) is 5.27. The van der Waals surface area contributed by atoms with E-state index in [-0.39, 0.29) is 6.10 Å². The van der Waals surface area contributed by atoms with E-state index in [1.165, 1.54) is 16.5 Å². The summed E-state index contributed by atoms with van der Waals surface area (Å²) < 4.78 is 8.17. The van der Waals surface area contributed by atoms with Gasteiger partial charge < -0.3 is 19.5 Å². The molecular weight excluding hydrogens is 286 g/mol. The minimum atomic E-state index is 0.237. The van der Waals surface area contributed by atoms with Crippen molar-refractivity contribution in [2.75, 3.05) is 33.8 Å². The van der Waals surface area contributed by atoms with E-state index in [4.69, 9.17) is 16.3 Å². The fourth-order valence-electron chi connectivity index (χ4n) is 3.02. The largest absolute Gasteiger partial charge is 0.374 e. The van der Waals surface area contributed by atoms with E-state index in [9.17, 15) is 0 Å². The van der Waals surface area contributed by atoms with Gasteiger partial charge in [-0.05, 0) is 31.8 Å². The summed E-state index contributed by atoms with van der Waals surface area (Å²) in [6.07, 6.45) is 2.45. The Kier molecular flexibility index (Phi) is 4.50. The van der Waals surface area contributed by atoms with Gasteiger partial charge in [0.1, 0.15) is 0 Å². The number of hydrogen-bond acceptors (Lipinski definition) is 3. The predicted molar refractivity (Wildman–Crippen MR) is 86.9 cm³/mol. The summed E-state index contributed by atoms with van der Waals surface area (Å²) in [7, 11) is 4.12. The van der Waals surface area contributed by atoms with Crippen molar-refractivity contribution < 1.29 is 4.74 Å². The first-order valence-electron chi connectivity index (χ1n) is 7.39. The van der Waals surface area contributed by atoms with Crippen LogP contribution in [0.2, 0.25) is 5.02 Å². The fourth-order valence-corrected chi connectivity index (χ4v) is 3.19. The normalized spacial score (nSPS) is 20.2. The molecule has 0 saturated carbocycles. The van der Waals surface area contributed by atoms with Gasteiger partial charge in [0.15, 0.2) is 0 Å². The average molecular weight is 308 g/mol. The second-order valence-electron chi connectivity index (χ2n) is 5.75. The van der Waals surface area contributed by atoms with Crippen LogP contribution < -0.4 is 5.32 Å². The van der Waals surface area contributed by atoms with Crippen molar-refractivity contribution in [2.24, 2.45) is 0 Å². The van der Waals surface area contributed by atoms with Crippen LogP contribution in [0.5, 0.6) is 0 Å². The molecule has 114 valence electrons. The lowest BCUT2D eigenvalue weighted by atomic mass is 10.2. The first kappa shape index (κ1) is 14.9. The summed E-state index contributed by atoms with van der Waals surface area (Å²) in [5.41, 5.74) is 2.48. The Balaban J connectivity index is 1.91. The summed E-state index contributed by atoms with van der Waals surface area (Å²) in [6.45, 7) is 4.52. The minimum absolute atomic E-state index is 0.237. The Hall–Kier alpha value is -1.07. The molecule has 1 unspecified atom stereocenters. The SMILES string of the molecule is CNCc1cn(CC2CN(C)CCO2)c2cc(Cl)ccc12. The number of fused-ring (bicyclic) bond motifs is 1. The van der Waals surface area contributed by atoms with E-state index in [1.807, 2.05) is 19.2 Å². The van der Waals surface area contributed by atoms with Crippen LogP contribution >= 0.6 is 11.6 Å². The van der Waals surface area contributed by atoms with Crippen molar-refractivity contribution >= 4 is 22.5 Å². The van der Waals surface area contributed by atoms with Gasteiger partial charge in [-0.1, -0.05) is 17.7 Å². The van der Waals surface area contributed by atoms with Crippen molar-refractivity contribution in [2.45, 2.75) is 19.2 Å². The van der Waals surface area contributed by atoms with E-state index in [2.05, 4.69) is 34.1 Å². The summed E-state index contributed by atoms with van der Waals surface area (Å²) in [5.74, 6) is 0. The van der Waals surface area contributed by atoms with Crippen LogP contribution in [-0.4, -0.2) is 49.4 Å². The van der Waals surface area contributed by atoms with Crippen LogP contribution in [0, 0.1) is 0 Å². The first-order valence-corrected chi connectivity index (χ1v) is 7.77. The topological polar surface area (TPSA) is 29.4 Å². The number of nitrogens with one attached hydrogen (secondary N) is 1. The Morgan fingerprint density at radius 2 is 2.29 bits per heavy atom. The zero-order chi connectivity index (χ0) is 14.8. The average Bonchev–Trinajstić information content (AvgIpc) is 2.77. The van der Waals surface area contributed by atoms with E-state index in [0.717, 1.165) is 37.8 Å². The lowest BCUT2D eigenvalue weighted by molar-refractivity contribution is -0.0269. The van der Waals surface area contributed by atoms with Crippen LogP contribution in [0.4, 0.5) is 0 Å². The standard InChI is InChI=1S/C16H22ClN3O/c1-18-8-12-9-20(11-14-10-19(2)5-6-21-14)16-7-13(17)3-4-15(12)16/h3-4,7,9,14,18H,5-6,8,10-11H2,1-2H3. The van der Waals surface area contributed by atoms with E-state index in [1.54, 1.807) is 0 Å². The molecule has 0 aliphatic carbocycles. The molecule has 1 aliphatic heterocycles. The first-order chi connectivity index (χ1) is 10.2. The minimum Gasteiger partial charge on any atom is -0.374 e. The van der Waals surface area contributed by atoms with Gasteiger partial charge in [-0.15, -0.1) is 0 Å². The molecule has 21 heavy (non-hydrogen) atoms. The van der Waals surface area contributed by atoms with Crippen molar-refractivity contribution in [3.05, 3.63) is 35.0 Å². The van der Waals surface area contributed by atoms with Crippen LogP contribution in [0.3, 0.4) is 0 Å². The van der Waals surface area contributed by atoms with Gasteiger partial charge in [0.05, 0.1) is 19.3 Å². The third-order valence-corrected chi connectivity index (χ3v) is 4.27. The Bertz CT molecular complexity index is 625. The highest BCUT2D eigenvalue weighted by Gasteiger charge is 2.19. The van der Waals surface area contributed by atoms with Crippen LogP contribution in [0.15, 0.2) is 24.4 Å². The molecule has 4 nitrogen and oxygen atoms in total. The van der Waals surface area contributed by atoms with Gasteiger partial charge in [0, 0.05) is 41.8 Å². The maximum atomic E-state index is 6.17. The summed E-state index contributed by atoms with van der Waals surface area (Å²) in [6, 6.07) is 6.11. The van der Waals surface area contributed by atoms with Gasteiger partial charge >= 0.3 is 0 Å². The Morgan fingerprint density at radius 1 is 1.43 bits per heavy atom. The molecule has 1 atom stereocenters. The monoisotopic (exact) mass is 307 g/mol. The van der Waals surface area contributed by atoms with Crippen molar-refractivity contribution in [1.82, 2.24) is 14.8 Å². The molecule has 1 aromatic heterocycles. The van der Waals surface area contributed by atoms with E-state index < -0.39 is 0 Å². The van der Waals surface area contributed by atoms with Crippen molar-refractivity contribution in [1.29, 1.82) is 0 Å². The third kappa shape index (κ3) is 3.24. The highest BCUT2D eigenvalue weighted by molar-refractivity contribution is 6.31. The maximum Gasteiger partial charge on any atom is 0.0881 e. The highest BCUT2D eigenvalue weighted by atomic mass is 35.5. The number of morpholine rings is 1. The Labute approximate surface area is 130 Å². The van der Waals surface area contributed by atoms with Crippen LogP contribution in [0.1, 0.15) is 5.56 Å². The van der Waals surface area contributed by atoms with Crippen LogP contribution in [0.25, 0.3) is 10.9 Å². The second kappa shape index (κ2) is 6.36. The second-order valence-corrected chi connectivity index (χ2v) is 6.19. The van der Waals surface area contributed by atoms with Crippen molar-refractivity contribution in [3.8, 4) is 0 Å². The molecule has 1 saturated heterocycles. The molecular formula is C16H22ClN3O. The molecule has 1 N–H and O–H groups in total. The molecule has 1 fully saturated rings. The molecule has 0 radical (unpaired) electrons. The summed E-state index contributed by atoms with van der Waals surface area (Å²) >= 11 is 6.17. The number of benzene rings is 1. The molecule has 1 aliphatic rings. The zero-order valence-electron chi connectivity index (χ0n) is 12.6. The van der Waals surface area contributed by atoms with Crippen molar-refractivity contribution in [3.63, 3.8) is 0 Å². The molecule has 5 heteroatoms. The van der Waals surface area contributed by atoms with Crippen LogP contribution in [-0.2, 0) is 17.8 Å². The fraction of sp³-hybridized carbons (Fsp3) is 0.500. The van der Waals surface area contributed by atoms with Gasteiger partial charge in [-0.25, -0.2) is 0 Å². The number of halogens is 1. The summed E-state index contributed by atoms with van der Waals surface area (Å²) in [4.78, 5) is 2.32. The molecule has 1 aromatic carbocycles.